The summed E-state index contributed by atoms with van der Waals surface area (Å²) in [5.41, 5.74) is 6.18. The Kier molecular flexibility index (Phi) is 9.29. The summed E-state index contributed by atoms with van der Waals surface area (Å²) in [5.74, 6) is 2.54. The van der Waals surface area contributed by atoms with Gasteiger partial charge in [-0.3, -0.25) is 9.72 Å². The first kappa shape index (κ1) is 31.7. The largest absolute Gasteiger partial charge is 0.491 e. The summed E-state index contributed by atoms with van der Waals surface area (Å²) >= 11 is 0. The van der Waals surface area contributed by atoms with E-state index in [2.05, 4.69) is 84.7 Å². The summed E-state index contributed by atoms with van der Waals surface area (Å²) in [6, 6.07) is 22.2. The highest BCUT2D eigenvalue weighted by molar-refractivity contribution is 5.89. The molecule has 3 N–H and O–H groups in total. The molecule has 1 fully saturated rings. The molecule has 5 aromatic rings. The number of benzene rings is 2. The summed E-state index contributed by atoms with van der Waals surface area (Å²) < 4.78 is 9.44. The zero-order chi connectivity index (χ0) is 33.0. The first-order valence-electron chi connectivity index (χ1n) is 17.1. The fourth-order valence-corrected chi connectivity index (χ4v) is 7.30. The summed E-state index contributed by atoms with van der Waals surface area (Å²) in [5, 5.41) is 29.0. The van der Waals surface area contributed by atoms with Gasteiger partial charge in [0.25, 0.3) is 0 Å². The smallest absolute Gasteiger partial charge is 0.320 e. The van der Waals surface area contributed by atoms with Gasteiger partial charge in [-0.15, -0.1) is 10.2 Å². The Labute approximate surface area is 280 Å². The molecule has 3 atom stereocenters. The molecular formula is C37H44N8O3. The Bertz CT molecular complexity index is 1880. The number of pyridine rings is 1. The fraction of sp³-hybridized carbons (Fsp3) is 0.405. The molecule has 1 saturated heterocycles. The molecular weight excluding hydrogens is 604 g/mol. The molecule has 250 valence electrons. The average Bonchev–Trinajstić information content (AvgIpc) is 3.69. The Balaban J connectivity index is 1.02. The Morgan fingerprint density at radius 2 is 1.88 bits per heavy atom. The Hall–Kier alpha value is -4.90. The number of aliphatic hydroxyl groups is 1. The molecule has 1 aliphatic heterocycles. The minimum atomic E-state index is -0.275. The van der Waals surface area contributed by atoms with Crippen LogP contribution in [-0.2, 0) is 6.42 Å². The van der Waals surface area contributed by atoms with E-state index in [4.69, 9.17) is 9.84 Å². The number of carbonyl (C=O) groups excluding carboxylic acids is 1. The van der Waals surface area contributed by atoms with Gasteiger partial charge in [0.05, 0.1) is 24.0 Å². The monoisotopic (exact) mass is 648 g/mol. The number of aliphatic hydroxyl groups excluding tert-OH is 1. The van der Waals surface area contributed by atoms with Gasteiger partial charge in [0.1, 0.15) is 18.2 Å². The number of aryl methyl sites for hydroxylation is 2. The molecule has 0 bridgehead atoms. The number of anilines is 2. The first-order valence-corrected chi connectivity index (χ1v) is 17.1. The lowest BCUT2D eigenvalue weighted by Gasteiger charge is -2.33. The van der Waals surface area contributed by atoms with Crippen molar-refractivity contribution in [2.24, 2.45) is 0 Å². The van der Waals surface area contributed by atoms with E-state index >= 15 is 0 Å². The van der Waals surface area contributed by atoms with Gasteiger partial charge in [-0.05, 0) is 99.6 Å². The Morgan fingerprint density at radius 1 is 1.00 bits per heavy atom. The predicted octanol–water partition coefficient (Wildman–Crippen LogP) is 6.35. The number of piperidine rings is 1. The number of nitrogens with zero attached hydrogens (tertiary/aromatic N) is 6. The van der Waals surface area contributed by atoms with Crippen LogP contribution in [0.25, 0.3) is 11.3 Å². The van der Waals surface area contributed by atoms with Crippen molar-refractivity contribution < 1.29 is 14.6 Å². The third kappa shape index (κ3) is 6.73. The summed E-state index contributed by atoms with van der Waals surface area (Å²) in [4.78, 5) is 15.8. The minimum Gasteiger partial charge on any atom is -0.491 e. The van der Waals surface area contributed by atoms with Crippen LogP contribution in [0.3, 0.4) is 0 Å². The van der Waals surface area contributed by atoms with Gasteiger partial charge in [0, 0.05) is 30.9 Å². The third-order valence-electron chi connectivity index (χ3n) is 9.70. The van der Waals surface area contributed by atoms with Gasteiger partial charge in [0.2, 0.25) is 5.95 Å². The van der Waals surface area contributed by atoms with Crippen molar-refractivity contribution in [2.45, 2.75) is 76.8 Å². The van der Waals surface area contributed by atoms with Gasteiger partial charge < -0.3 is 20.1 Å². The Morgan fingerprint density at radius 3 is 2.73 bits per heavy atom. The number of aromatic nitrogens is 5. The number of hydrogen-bond acceptors (Lipinski definition) is 7. The number of hydrogen-bond donors (Lipinski definition) is 3. The van der Waals surface area contributed by atoms with E-state index in [1.165, 1.54) is 36.0 Å². The molecule has 0 radical (unpaired) electrons. The van der Waals surface area contributed by atoms with Crippen molar-refractivity contribution in [1.82, 2.24) is 29.7 Å². The molecule has 0 unspecified atom stereocenters. The van der Waals surface area contributed by atoms with Crippen molar-refractivity contribution in [3.05, 3.63) is 95.3 Å². The van der Waals surface area contributed by atoms with Crippen LogP contribution in [0.5, 0.6) is 5.75 Å². The number of rotatable bonds is 10. The molecule has 3 aromatic heterocycles. The molecule has 2 aliphatic rings. The maximum Gasteiger partial charge on any atom is 0.320 e. The molecule has 2 aromatic carbocycles. The van der Waals surface area contributed by atoms with E-state index in [0.717, 1.165) is 55.2 Å². The maximum atomic E-state index is 13.4. The minimum absolute atomic E-state index is 0.0668. The molecule has 11 nitrogen and oxygen atoms in total. The normalized spacial score (nSPS) is 19.2. The van der Waals surface area contributed by atoms with E-state index in [0.29, 0.717) is 23.5 Å². The van der Waals surface area contributed by atoms with Gasteiger partial charge >= 0.3 is 6.03 Å². The zero-order valence-electron chi connectivity index (χ0n) is 27.7. The molecule has 1 aliphatic carbocycles. The number of amides is 2. The van der Waals surface area contributed by atoms with Gasteiger partial charge in [-0.25, -0.2) is 9.48 Å². The van der Waals surface area contributed by atoms with Crippen molar-refractivity contribution >= 4 is 23.4 Å². The van der Waals surface area contributed by atoms with Crippen LogP contribution < -0.4 is 20.3 Å². The van der Waals surface area contributed by atoms with Crippen LogP contribution in [-0.4, -0.2) is 61.3 Å². The van der Waals surface area contributed by atoms with Crippen LogP contribution in [0.15, 0.2) is 72.9 Å². The van der Waals surface area contributed by atoms with Gasteiger partial charge in [0.15, 0.2) is 5.65 Å². The van der Waals surface area contributed by atoms with Crippen LogP contribution in [0.1, 0.15) is 79.8 Å². The van der Waals surface area contributed by atoms with Crippen molar-refractivity contribution in [3.63, 3.8) is 0 Å². The molecule has 4 heterocycles. The predicted molar refractivity (Wildman–Crippen MR) is 186 cm³/mol. The zero-order valence-corrected chi connectivity index (χ0v) is 27.7. The summed E-state index contributed by atoms with van der Waals surface area (Å²) in [6.45, 7) is 5.34. The topological polar surface area (TPSA) is 122 Å². The number of nitrogens with one attached hydrogen (secondary N) is 2. The molecule has 48 heavy (non-hydrogen) atoms. The van der Waals surface area contributed by atoms with E-state index in [9.17, 15) is 4.79 Å². The second kappa shape index (κ2) is 14.1. The van der Waals surface area contributed by atoms with E-state index in [-0.39, 0.29) is 25.3 Å². The second-order valence-electron chi connectivity index (χ2n) is 13.0. The second-order valence-corrected chi connectivity index (χ2v) is 13.0. The average molecular weight is 649 g/mol. The standard InChI is InChI=1S/C37H44N8O3/c1-25-22-35(45(42-25)29-9-7-10-30(23-29)48-21-20-46)39-36(47)38-33-17-16-28(31-11-3-4-12-32(31)33)15-13-27-14-18-34-40-41-37(44(34)24-27)43-19-6-5-8-26(43)2/h3-4,7,9-12,14,18,22-24,26,28,33,46H,5-6,8,13,15-17,19-21H2,1-2H3,(H2,38,39,47)/t26-,28+,33-/m0/s1. The highest BCUT2D eigenvalue weighted by atomic mass is 16.5. The molecule has 7 rings (SSSR count). The molecule has 2 amide bonds. The fourth-order valence-electron chi connectivity index (χ4n) is 7.30. The maximum absolute atomic E-state index is 13.4. The SMILES string of the molecule is Cc1cc(NC(=O)N[C@H]2CC[C@@H](CCc3ccc4nnc(N5CCCC[C@@H]5C)n4c3)c3ccccc32)n(-c2cccc(OCCO)c2)n1. The van der Waals surface area contributed by atoms with Gasteiger partial charge in [-0.1, -0.05) is 36.4 Å². The van der Waals surface area contributed by atoms with Crippen LogP contribution in [0.4, 0.5) is 16.6 Å². The van der Waals surface area contributed by atoms with Crippen LogP contribution in [0.2, 0.25) is 0 Å². The molecule has 0 saturated carbocycles. The number of ether oxygens (including phenoxy) is 1. The van der Waals surface area contributed by atoms with E-state index in [1.807, 2.05) is 37.3 Å². The highest BCUT2D eigenvalue weighted by Gasteiger charge is 2.29. The number of urea groups is 1. The lowest BCUT2D eigenvalue weighted by atomic mass is 9.77. The van der Waals surface area contributed by atoms with Crippen LogP contribution >= 0.6 is 0 Å². The highest BCUT2D eigenvalue weighted by Crippen LogP contribution is 2.40. The first-order chi connectivity index (χ1) is 23.5. The number of carbonyl (C=O) groups is 1. The van der Waals surface area contributed by atoms with Crippen molar-refractivity contribution in [1.29, 1.82) is 0 Å². The lowest BCUT2D eigenvalue weighted by molar-refractivity contribution is 0.201. The third-order valence-corrected chi connectivity index (χ3v) is 9.70. The van der Waals surface area contributed by atoms with Crippen molar-refractivity contribution in [3.8, 4) is 11.4 Å². The van der Waals surface area contributed by atoms with Crippen molar-refractivity contribution in [2.75, 3.05) is 30.0 Å². The summed E-state index contributed by atoms with van der Waals surface area (Å²) in [7, 11) is 0. The quantitative estimate of drug-likeness (QED) is 0.161. The lowest BCUT2D eigenvalue weighted by Crippen LogP contribution is -2.38. The van der Waals surface area contributed by atoms with E-state index < -0.39 is 0 Å². The molecule has 11 heteroatoms. The van der Waals surface area contributed by atoms with Gasteiger partial charge in [-0.2, -0.15) is 5.10 Å². The molecule has 0 spiro atoms. The van der Waals surface area contributed by atoms with E-state index in [1.54, 1.807) is 4.68 Å². The van der Waals surface area contributed by atoms with Crippen LogP contribution in [0, 0.1) is 6.92 Å². The number of fused-ring (bicyclic) bond motifs is 2. The summed E-state index contributed by atoms with van der Waals surface area (Å²) in [6.07, 6.45) is 9.71.